The molecular formula is C22H17ClN2O4. The van der Waals surface area contributed by atoms with Gasteiger partial charge in [-0.3, -0.25) is 19.3 Å². The first-order chi connectivity index (χ1) is 13.9. The van der Waals surface area contributed by atoms with Gasteiger partial charge >= 0.3 is 0 Å². The molecule has 4 rings (SSSR count). The molecule has 0 saturated heterocycles. The molecule has 0 unspecified atom stereocenters. The second-order valence-electron chi connectivity index (χ2n) is 6.82. The lowest BCUT2D eigenvalue weighted by Gasteiger charge is -2.17. The lowest BCUT2D eigenvalue weighted by atomic mass is 10.0. The van der Waals surface area contributed by atoms with Crippen molar-refractivity contribution in [2.24, 2.45) is 0 Å². The van der Waals surface area contributed by atoms with Gasteiger partial charge in [0, 0.05) is 24.2 Å². The number of hydrogen-bond donors (Lipinski definition) is 0. The van der Waals surface area contributed by atoms with Crippen molar-refractivity contribution in [1.29, 1.82) is 0 Å². The van der Waals surface area contributed by atoms with Crippen LogP contribution in [0.15, 0.2) is 65.3 Å². The molecule has 146 valence electrons. The average Bonchev–Trinajstić information content (AvgIpc) is 3.32. The summed E-state index contributed by atoms with van der Waals surface area (Å²) in [5, 5.41) is 0.628. The maximum absolute atomic E-state index is 12.8. The Morgan fingerprint density at radius 1 is 1.03 bits per heavy atom. The minimum Gasteiger partial charge on any atom is -0.467 e. The summed E-state index contributed by atoms with van der Waals surface area (Å²) in [7, 11) is 1.68. The standard InChI is InChI=1S/C22H17ClN2O4/c1-24(12-14-4-7-16(23)8-5-14)20(26)15-6-9-18-19(11-15)22(28)25(21(18)27)13-17-3-2-10-29-17/h2-11H,12-13H2,1H3. The van der Waals surface area contributed by atoms with Crippen molar-refractivity contribution >= 4 is 29.3 Å². The highest BCUT2D eigenvalue weighted by atomic mass is 35.5. The second-order valence-corrected chi connectivity index (χ2v) is 7.26. The summed E-state index contributed by atoms with van der Waals surface area (Å²) in [6, 6.07) is 15.2. The lowest BCUT2D eigenvalue weighted by Crippen LogP contribution is -2.29. The molecule has 0 saturated carbocycles. The van der Waals surface area contributed by atoms with Crippen LogP contribution in [0, 0.1) is 0 Å². The SMILES string of the molecule is CN(Cc1ccc(Cl)cc1)C(=O)c1ccc2c(c1)C(=O)N(Cc1ccco1)C2=O. The van der Waals surface area contributed by atoms with Gasteiger partial charge in [0.1, 0.15) is 5.76 Å². The zero-order valence-electron chi connectivity index (χ0n) is 15.6. The summed E-state index contributed by atoms with van der Waals surface area (Å²) in [6.07, 6.45) is 1.49. The molecule has 1 aliphatic heterocycles. The number of fused-ring (bicyclic) bond motifs is 1. The molecule has 6 nitrogen and oxygen atoms in total. The number of nitrogens with zero attached hydrogens (tertiary/aromatic N) is 2. The summed E-state index contributed by atoms with van der Waals surface area (Å²) < 4.78 is 5.23. The fourth-order valence-electron chi connectivity index (χ4n) is 3.28. The largest absolute Gasteiger partial charge is 0.467 e. The van der Waals surface area contributed by atoms with Crippen molar-refractivity contribution < 1.29 is 18.8 Å². The Hall–Kier alpha value is -3.38. The van der Waals surface area contributed by atoms with Gasteiger partial charge in [0.25, 0.3) is 17.7 Å². The summed E-state index contributed by atoms with van der Waals surface area (Å²) in [6.45, 7) is 0.448. The van der Waals surface area contributed by atoms with Crippen LogP contribution in [-0.2, 0) is 13.1 Å². The van der Waals surface area contributed by atoms with Gasteiger partial charge in [-0.1, -0.05) is 23.7 Å². The van der Waals surface area contributed by atoms with Crippen molar-refractivity contribution in [2.45, 2.75) is 13.1 Å². The number of hydrogen-bond acceptors (Lipinski definition) is 4. The molecule has 2 heterocycles. The Morgan fingerprint density at radius 3 is 2.45 bits per heavy atom. The van der Waals surface area contributed by atoms with Crippen molar-refractivity contribution in [3.8, 4) is 0 Å². The monoisotopic (exact) mass is 408 g/mol. The molecule has 0 fully saturated rings. The minimum atomic E-state index is -0.434. The van der Waals surface area contributed by atoms with Gasteiger partial charge in [0.2, 0.25) is 0 Å². The minimum absolute atomic E-state index is 0.0547. The van der Waals surface area contributed by atoms with Crippen LogP contribution in [0.3, 0.4) is 0 Å². The van der Waals surface area contributed by atoms with Crippen molar-refractivity contribution in [1.82, 2.24) is 9.80 Å². The third kappa shape index (κ3) is 3.67. The Kier molecular flexibility index (Phi) is 4.94. The smallest absolute Gasteiger partial charge is 0.261 e. The fraction of sp³-hybridized carbons (Fsp3) is 0.136. The number of halogens is 1. The van der Waals surface area contributed by atoms with Crippen LogP contribution in [-0.4, -0.2) is 34.6 Å². The molecule has 0 aliphatic carbocycles. The molecule has 7 heteroatoms. The van der Waals surface area contributed by atoms with Crippen LogP contribution in [0.1, 0.15) is 42.4 Å². The number of carbonyl (C=O) groups is 3. The number of amides is 3. The normalized spacial score (nSPS) is 13.0. The van der Waals surface area contributed by atoms with Gasteiger partial charge in [-0.15, -0.1) is 0 Å². The molecule has 1 aromatic heterocycles. The summed E-state index contributed by atoms with van der Waals surface area (Å²) in [4.78, 5) is 40.8. The molecular weight excluding hydrogens is 392 g/mol. The van der Waals surface area contributed by atoms with E-state index in [1.54, 1.807) is 42.3 Å². The highest BCUT2D eigenvalue weighted by Gasteiger charge is 2.36. The predicted octanol–water partition coefficient (Wildman–Crippen LogP) is 4.00. The molecule has 2 aromatic carbocycles. The van der Waals surface area contributed by atoms with E-state index >= 15 is 0 Å². The number of imide groups is 1. The van der Waals surface area contributed by atoms with Crippen molar-refractivity contribution in [3.05, 3.63) is 93.9 Å². The number of benzene rings is 2. The van der Waals surface area contributed by atoms with Gasteiger partial charge in [-0.25, -0.2) is 0 Å². The Morgan fingerprint density at radius 2 is 1.76 bits per heavy atom. The molecule has 3 aromatic rings. The first-order valence-electron chi connectivity index (χ1n) is 8.96. The topological polar surface area (TPSA) is 70.8 Å². The average molecular weight is 409 g/mol. The Balaban J connectivity index is 1.53. The molecule has 0 radical (unpaired) electrons. The van der Waals surface area contributed by atoms with Crippen LogP contribution in [0.25, 0.3) is 0 Å². The molecule has 1 aliphatic rings. The number of carbonyl (C=O) groups excluding carboxylic acids is 3. The van der Waals surface area contributed by atoms with Gasteiger partial charge in [-0.2, -0.15) is 0 Å². The van der Waals surface area contributed by atoms with E-state index in [9.17, 15) is 14.4 Å². The first kappa shape index (κ1) is 19.0. The van der Waals surface area contributed by atoms with Crippen LogP contribution in [0.4, 0.5) is 0 Å². The molecule has 3 amide bonds. The van der Waals surface area contributed by atoms with Crippen LogP contribution >= 0.6 is 11.6 Å². The fourth-order valence-corrected chi connectivity index (χ4v) is 3.41. The zero-order valence-corrected chi connectivity index (χ0v) is 16.3. The predicted molar refractivity (Wildman–Crippen MR) is 107 cm³/mol. The Bertz CT molecular complexity index is 1090. The third-order valence-corrected chi connectivity index (χ3v) is 5.04. The first-order valence-corrected chi connectivity index (χ1v) is 9.34. The number of furan rings is 1. The molecule has 0 atom stereocenters. The van der Waals surface area contributed by atoms with Gasteiger partial charge in [0.05, 0.1) is 23.9 Å². The van der Waals surface area contributed by atoms with E-state index in [2.05, 4.69) is 0 Å². The Labute approximate surface area is 172 Å². The molecule has 29 heavy (non-hydrogen) atoms. The zero-order chi connectivity index (χ0) is 20.5. The van der Waals surface area contributed by atoms with E-state index in [0.29, 0.717) is 28.5 Å². The maximum Gasteiger partial charge on any atom is 0.261 e. The molecule has 0 N–H and O–H groups in total. The highest BCUT2D eigenvalue weighted by Crippen LogP contribution is 2.26. The van der Waals surface area contributed by atoms with Crippen LogP contribution < -0.4 is 0 Å². The van der Waals surface area contributed by atoms with Crippen molar-refractivity contribution in [2.75, 3.05) is 7.05 Å². The molecule has 0 spiro atoms. The van der Waals surface area contributed by atoms with E-state index in [-0.39, 0.29) is 18.0 Å². The summed E-state index contributed by atoms with van der Waals surface area (Å²) in [5.74, 6) is -0.558. The van der Waals surface area contributed by atoms with Crippen LogP contribution in [0.5, 0.6) is 0 Å². The summed E-state index contributed by atoms with van der Waals surface area (Å²) >= 11 is 5.89. The van der Waals surface area contributed by atoms with Gasteiger partial charge in [-0.05, 0) is 48.0 Å². The lowest BCUT2D eigenvalue weighted by molar-refractivity contribution is 0.0631. The van der Waals surface area contributed by atoms with Gasteiger partial charge < -0.3 is 9.32 Å². The molecule has 0 bridgehead atoms. The van der Waals surface area contributed by atoms with Crippen molar-refractivity contribution in [3.63, 3.8) is 0 Å². The highest BCUT2D eigenvalue weighted by molar-refractivity contribution is 6.30. The van der Waals surface area contributed by atoms with E-state index < -0.39 is 11.8 Å². The van der Waals surface area contributed by atoms with Crippen LogP contribution in [0.2, 0.25) is 5.02 Å². The van der Waals surface area contributed by atoms with E-state index in [0.717, 1.165) is 10.5 Å². The van der Waals surface area contributed by atoms with E-state index in [1.165, 1.54) is 18.4 Å². The third-order valence-electron chi connectivity index (χ3n) is 4.79. The van der Waals surface area contributed by atoms with E-state index in [4.69, 9.17) is 16.0 Å². The number of rotatable bonds is 5. The quantitative estimate of drug-likeness (QED) is 0.598. The maximum atomic E-state index is 12.8. The van der Waals surface area contributed by atoms with Gasteiger partial charge in [0.15, 0.2) is 0 Å². The second kappa shape index (κ2) is 7.56. The van der Waals surface area contributed by atoms with E-state index in [1.807, 2.05) is 12.1 Å². The summed E-state index contributed by atoms with van der Waals surface area (Å²) in [5.41, 5.74) is 1.80.